The summed E-state index contributed by atoms with van der Waals surface area (Å²) in [6.45, 7) is 6.86. The van der Waals surface area contributed by atoms with Crippen molar-refractivity contribution in [3.63, 3.8) is 0 Å². The van der Waals surface area contributed by atoms with Crippen molar-refractivity contribution < 1.29 is 0 Å². The van der Waals surface area contributed by atoms with Gasteiger partial charge in [0.1, 0.15) is 0 Å². The first-order valence-corrected chi connectivity index (χ1v) is 6.87. The molecule has 0 bridgehead atoms. The van der Waals surface area contributed by atoms with Crippen molar-refractivity contribution in [2.75, 3.05) is 26.2 Å². The summed E-state index contributed by atoms with van der Waals surface area (Å²) in [4.78, 5) is 2.61. The van der Waals surface area contributed by atoms with Gasteiger partial charge >= 0.3 is 0 Å². The molecular weight excluding hydrogens is 232 g/mol. The number of rotatable bonds is 1. The predicted molar refractivity (Wildman–Crippen MR) is 71.7 cm³/mol. The highest BCUT2D eigenvalue weighted by atomic mass is 35.5. The average Bonchev–Trinajstić information content (AvgIpc) is 2.67. The second-order valence-electron chi connectivity index (χ2n) is 5.21. The van der Waals surface area contributed by atoms with Crippen LogP contribution in [0.3, 0.4) is 0 Å². The van der Waals surface area contributed by atoms with Gasteiger partial charge < -0.3 is 5.32 Å². The first kappa shape index (κ1) is 11.5. The molecule has 17 heavy (non-hydrogen) atoms. The number of nitrogens with one attached hydrogen (secondary N) is 1. The van der Waals surface area contributed by atoms with Crippen LogP contribution >= 0.6 is 11.6 Å². The summed E-state index contributed by atoms with van der Waals surface area (Å²) in [5.74, 6) is 0.669. The molecule has 1 fully saturated rings. The molecule has 2 atom stereocenters. The average molecular weight is 251 g/mol. The number of benzene rings is 1. The van der Waals surface area contributed by atoms with Gasteiger partial charge in [-0.2, -0.15) is 0 Å². The van der Waals surface area contributed by atoms with Gasteiger partial charge in [0, 0.05) is 37.2 Å². The number of hydrogen-bond donors (Lipinski definition) is 1. The van der Waals surface area contributed by atoms with E-state index in [-0.39, 0.29) is 0 Å². The van der Waals surface area contributed by atoms with E-state index >= 15 is 0 Å². The van der Waals surface area contributed by atoms with Crippen LogP contribution in [-0.4, -0.2) is 31.1 Å². The molecule has 1 aromatic carbocycles. The Bertz CT molecular complexity index is 413. The molecule has 1 aromatic rings. The Balaban J connectivity index is 1.91. The van der Waals surface area contributed by atoms with Crippen molar-refractivity contribution in [3.8, 4) is 0 Å². The van der Waals surface area contributed by atoms with Gasteiger partial charge in [0.15, 0.2) is 0 Å². The van der Waals surface area contributed by atoms with Crippen LogP contribution in [0.25, 0.3) is 0 Å². The number of piperazine rings is 1. The standard InChI is InChI=1S/C14H19ClN2/c1-10-8-14(17-6-4-16-5-7-17)13-9-11(15)2-3-12(10)13/h2-3,9-10,14,16H,4-8H2,1H3. The summed E-state index contributed by atoms with van der Waals surface area (Å²) in [5, 5.41) is 4.29. The molecule has 0 amide bonds. The normalized spacial score (nSPS) is 29.3. The zero-order chi connectivity index (χ0) is 11.8. The quantitative estimate of drug-likeness (QED) is 0.825. The molecule has 0 saturated carbocycles. The van der Waals surface area contributed by atoms with Crippen LogP contribution in [0, 0.1) is 0 Å². The van der Waals surface area contributed by atoms with Crippen LogP contribution in [0.2, 0.25) is 5.02 Å². The minimum atomic E-state index is 0.584. The van der Waals surface area contributed by atoms with Crippen LogP contribution in [-0.2, 0) is 0 Å². The molecule has 2 aliphatic rings. The van der Waals surface area contributed by atoms with Gasteiger partial charge in [-0.3, -0.25) is 4.90 Å². The fourth-order valence-corrected chi connectivity index (χ4v) is 3.39. The van der Waals surface area contributed by atoms with E-state index in [1.807, 2.05) is 6.07 Å². The zero-order valence-electron chi connectivity index (χ0n) is 10.2. The zero-order valence-corrected chi connectivity index (χ0v) is 11.0. The highest BCUT2D eigenvalue weighted by Gasteiger charge is 2.32. The van der Waals surface area contributed by atoms with Gasteiger partial charge in [-0.1, -0.05) is 24.6 Å². The Morgan fingerprint density at radius 3 is 2.76 bits per heavy atom. The maximum absolute atomic E-state index is 6.14. The van der Waals surface area contributed by atoms with Crippen LogP contribution < -0.4 is 5.32 Å². The van der Waals surface area contributed by atoms with Gasteiger partial charge in [0.2, 0.25) is 0 Å². The van der Waals surface area contributed by atoms with E-state index < -0.39 is 0 Å². The molecule has 3 heteroatoms. The fraction of sp³-hybridized carbons (Fsp3) is 0.571. The minimum absolute atomic E-state index is 0.584. The second-order valence-corrected chi connectivity index (χ2v) is 5.65. The minimum Gasteiger partial charge on any atom is -0.314 e. The topological polar surface area (TPSA) is 15.3 Å². The van der Waals surface area contributed by atoms with Crippen LogP contribution in [0.1, 0.15) is 36.4 Å². The van der Waals surface area contributed by atoms with Crippen molar-refractivity contribution in [3.05, 3.63) is 34.3 Å². The molecule has 0 radical (unpaired) electrons. The number of fused-ring (bicyclic) bond motifs is 1. The van der Waals surface area contributed by atoms with Crippen molar-refractivity contribution in [1.29, 1.82) is 0 Å². The van der Waals surface area contributed by atoms with Gasteiger partial charge in [-0.05, 0) is 35.6 Å². The maximum Gasteiger partial charge on any atom is 0.0409 e. The Morgan fingerprint density at radius 2 is 2.00 bits per heavy atom. The molecule has 1 aliphatic heterocycles. The van der Waals surface area contributed by atoms with Crippen molar-refractivity contribution in [2.45, 2.75) is 25.3 Å². The van der Waals surface area contributed by atoms with E-state index in [0.29, 0.717) is 12.0 Å². The van der Waals surface area contributed by atoms with Crippen LogP contribution in [0.5, 0.6) is 0 Å². The van der Waals surface area contributed by atoms with E-state index in [4.69, 9.17) is 11.6 Å². The molecule has 0 spiro atoms. The lowest BCUT2D eigenvalue weighted by Crippen LogP contribution is -2.44. The Hall–Kier alpha value is -0.570. The largest absolute Gasteiger partial charge is 0.314 e. The van der Waals surface area contributed by atoms with Crippen molar-refractivity contribution in [2.24, 2.45) is 0 Å². The molecule has 1 N–H and O–H groups in total. The summed E-state index contributed by atoms with van der Waals surface area (Å²) < 4.78 is 0. The highest BCUT2D eigenvalue weighted by molar-refractivity contribution is 6.30. The summed E-state index contributed by atoms with van der Waals surface area (Å²) in [6.07, 6.45) is 1.25. The maximum atomic E-state index is 6.14. The lowest BCUT2D eigenvalue weighted by molar-refractivity contribution is 0.170. The molecule has 92 valence electrons. The Morgan fingerprint density at radius 1 is 1.24 bits per heavy atom. The van der Waals surface area contributed by atoms with Crippen molar-refractivity contribution >= 4 is 11.6 Å². The van der Waals surface area contributed by atoms with E-state index in [0.717, 1.165) is 31.2 Å². The fourth-order valence-electron chi connectivity index (χ4n) is 3.21. The highest BCUT2D eigenvalue weighted by Crippen LogP contribution is 2.44. The van der Waals surface area contributed by atoms with E-state index in [2.05, 4.69) is 29.3 Å². The van der Waals surface area contributed by atoms with Gasteiger partial charge in [-0.15, -0.1) is 0 Å². The third-order valence-electron chi connectivity index (χ3n) is 4.11. The Kier molecular flexibility index (Phi) is 3.12. The third kappa shape index (κ3) is 2.10. The third-order valence-corrected chi connectivity index (χ3v) is 4.34. The molecule has 2 unspecified atom stereocenters. The molecule has 2 nitrogen and oxygen atoms in total. The predicted octanol–water partition coefficient (Wildman–Crippen LogP) is 2.79. The smallest absolute Gasteiger partial charge is 0.0409 e. The lowest BCUT2D eigenvalue weighted by Gasteiger charge is -2.33. The monoisotopic (exact) mass is 250 g/mol. The molecule has 1 aliphatic carbocycles. The SMILES string of the molecule is CC1CC(N2CCNCC2)c2cc(Cl)ccc21. The summed E-state index contributed by atoms with van der Waals surface area (Å²) >= 11 is 6.14. The van der Waals surface area contributed by atoms with E-state index in [9.17, 15) is 0 Å². The number of halogens is 1. The van der Waals surface area contributed by atoms with Crippen LogP contribution in [0.15, 0.2) is 18.2 Å². The Labute approximate surface area is 108 Å². The first-order valence-electron chi connectivity index (χ1n) is 6.50. The van der Waals surface area contributed by atoms with Gasteiger partial charge in [0.25, 0.3) is 0 Å². The summed E-state index contributed by atoms with van der Waals surface area (Å²) in [5.41, 5.74) is 2.96. The molecule has 3 rings (SSSR count). The van der Waals surface area contributed by atoms with Crippen molar-refractivity contribution in [1.82, 2.24) is 10.2 Å². The first-order chi connectivity index (χ1) is 8.25. The lowest BCUT2D eigenvalue weighted by atomic mass is 10.0. The van der Waals surface area contributed by atoms with E-state index in [1.54, 1.807) is 0 Å². The summed E-state index contributed by atoms with van der Waals surface area (Å²) in [7, 11) is 0. The molecule has 1 saturated heterocycles. The molecule has 1 heterocycles. The molecular formula is C14H19ClN2. The van der Waals surface area contributed by atoms with Crippen LogP contribution in [0.4, 0.5) is 0 Å². The van der Waals surface area contributed by atoms with E-state index in [1.165, 1.54) is 17.5 Å². The summed E-state index contributed by atoms with van der Waals surface area (Å²) in [6, 6.07) is 7.00. The molecule has 0 aromatic heterocycles. The number of nitrogens with zero attached hydrogens (tertiary/aromatic N) is 1. The van der Waals surface area contributed by atoms with Gasteiger partial charge in [0.05, 0.1) is 0 Å². The number of hydrogen-bond acceptors (Lipinski definition) is 2. The second kappa shape index (κ2) is 4.60. The van der Waals surface area contributed by atoms with Gasteiger partial charge in [-0.25, -0.2) is 0 Å².